The Morgan fingerprint density at radius 3 is 2.91 bits per heavy atom. The van der Waals surface area contributed by atoms with E-state index in [-0.39, 0.29) is 5.91 Å². The van der Waals surface area contributed by atoms with E-state index in [4.69, 9.17) is 4.74 Å². The maximum absolute atomic E-state index is 12.3. The predicted octanol–water partition coefficient (Wildman–Crippen LogP) is 1.75. The van der Waals surface area contributed by atoms with Gasteiger partial charge in [-0.05, 0) is 18.2 Å². The van der Waals surface area contributed by atoms with Crippen LogP contribution < -0.4 is 5.32 Å². The van der Waals surface area contributed by atoms with Crippen molar-refractivity contribution in [2.24, 2.45) is 0 Å². The lowest BCUT2D eigenvalue weighted by atomic mass is 10.2. The zero-order valence-corrected chi connectivity index (χ0v) is 13.8. The Morgan fingerprint density at radius 2 is 2.17 bits per heavy atom. The van der Waals surface area contributed by atoms with Crippen LogP contribution in [0, 0.1) is 0 Å². The number of H-pyrrole nitrogens is 1. The highest BCUT2D eigenvalue weighted by Gasteiger charge is 2.12. The number of hydrogen-bond donors (Lipinski definition) is 2. The summed E-state index contributed by atoms with van der Waals surface area (Å²) in [5.41, 5.74) is 2.48. The first-order valence-corrected chi connectivity index (χ1v) is 8.21. The van der Waals surface area contributed by atoms with Crippen LogP contribution in [0.1, 0.15) is 35.9 Å². The van der Waals surface area contributed by atoms with Crippen LogP contribution in [0.3, 0.4) is 0 Å². The number of carbonyl (C=O) groups excluding carboxylic acids is 1. The Kier molecular flexibility index (Phi) is 4.93. The minimum absolute atomic E-state index is 0.0409. The number of nitrogens with one attached hydrogen (secondary N) is 2. The molecule has 1 fully saturated rings. The standard InChI is InChI=1S/C17H24N4O2/c1-12(2)16-19-14-4-3-13(11-15(14)20-16)17(22)18-5-6-21-7-9-23-10-8-21/h3-4,11-12H,5-10H2,1-2H3,(H,18,22)(H,19,20). The number of carbonyl (C=O) groups is 1. The molecule has 0 radical (unpaired) electrons. The second-order valence-corrected chi connectivity index (χ2v) is 6.22. The summed E-state index contributed by atoms with van der Waals surface area (Å²) in [6.07, 6.45) is 0. The Labute approximate surface area is 136 Å². The van der Waals surface area contributed by atoms with Gasteiger partial charge < -0.3 is 15.0 Å². The monoisotopic (exact) mass is 316 g/mol. The first-order chi connectivity index (χ1) is 11.1. The fraction of sp³-hybridized carbons (Fsp3) is 0.529. The minimum atomic E-state index is -0.0409. The smallest absolute Gasteiger partial charge is 0.251 e. The number of benzene rings is 1. The summed E-state index contributed by atoms with van der Waals surface area (Å²) < 4.78 is 5.32. The van der Waals surface area contributed by atoms with E-state index in [1.54, 1.807) is 0 Å². The molecule has 6 heteroatoms. The summed E-state index contributed by atoms with van der Waals surface area (Å²) in [6.45, 7) is 9.14. The molecule has 23 heavy (non-hydrogen) atoms. The van der Waals surface area contributed by atoms with Crippen LogP contribution >= 0.6 is 0 Å². The Balaban J connectivity index is 1.59. The lowest BCUT2D eigenvalue weighted by molar-refractivity contribution is 0.0383. The van der Waals surface area contributed by atoms with Crippen molar-refractivity contribution in [1.29, 1.82) is 0 Å². The highest BCUT2D eigenvalue weighted by atomic mass is 16.5. The number of fused-ring (bicyclic) bond motifs is 1. The van der Waals surface area contributed by atoms with Crippen LogP contribution in [0.4, 0.5) is 0 Å². The molecule has 1 amide bonds. The summed E-state index contributed by atoms with van der Waals surface area (Å²) >= 11 is 0. The van der Waals surface area contributed by atoms with E-state index in [9.17, 15) is 4.79 Å². The van der Waals surface area contributed by atoms with Crippen molar-refractivity contribution in [2.75, 3.05) is 39.4 Å². The molecule has 0 spiro atoms. The zero-order valence-electron chi connectivity index (χ0n) is 13.8. The molecule has 1 aliphatic rings. The molecule has 124 valence electrons. The summed E-state index contributed by atoms with van der Waals surface area (Å²) in [4.78, 5) is 22.4. The van der Waals surface area contributed by atoms with Gasteiger partial charge in [0.15, 0.2) is 0 Å². The Morgan fingerprint density at radius 1 is 1.39 bits per heavy atom. The van der Waals surface area contributed by atoms with Crippen molar-refractivity contribution < 1.29 is 9.53 Å². The number of rotatable bonds is 5. The third kappa shape index (κ3) is 3.89. The van der Waals surface area contributed by atoms with Crippen molar-refractivity contribution in [3.05, 3.63) is 29.6 Å². The normalized spacial score (nSPS) is 16.1. The number of aromatic nitrogens is 2. The Hall–Kier alpha value is -1.92. The van der Waals surface area contributed by atoms with Gasteiger partial charge in [0.1, 0.15) is 5.82 Å². The third-order valence-corrected chi connectivity index (χ3v) is 4.13. The van der Waals surface area contributed by atoms with Gasteiger partial charge in [-0.25, -0.2) is 4.98 Å². The number of ether oxygens (including phenoxy) is 1. The molecule has 1 saturated heterocycles. The lowest BCUT2D eigenvalue weighted by Crippen LogP contribution is -2.41. The molecule has 0 unspecified atom stereocenters. The molecular formula is C17H24N4O2. The number of hydrogen-bond acceptors (Lipinski definition) is 4. The Bertz CT molecular complexity index is 674. The highest BCUT2D eigenvalue weighted by Crippen LogP contribution is 2.18. The molecule has 0 atom stereocenters. The van der Waals surface area contributed by atoms with Gasteiger partial charge in [-0.3, -0.25) is 9.69 Å². The van der Waals surface area contributed by atoms with E-state index >= 15 is 0 Å². The van der Waals surface area contributed by atoms with Crippen molar-refractivity contribution in [3.8, 4) is 0 Å². The van der Waals surface area contributed by atoms with Gasteiger partial charge in [0, 0.05) is 37.7 Å². The van der Waals surface area contributed by atoms with Crippen LogP contribution in [0.25, 0.3) is 11.0 Å². The topological polar surface area (TPSA) is 70.2 Å². The van der Waals surface area contributed by atoms with Gasteiger partial charge in [0.05, 0.1) is 24.2 Å². The molecule has 2 aromatic rings. The second-order valence-electron chi connectivity index (χ2n) is 6.22. The van der Waals surface area contributed by atoms with Crippen molar-refractivity contribution in [2.45, 2.75) is 19.8 Å². The van der Waals surface area contributed by atoms with Gasteiger partial charge in [0.2, 0.25) is 0 Å². The number of amides is 1. The zero-order chi connectivity index (χ0) is 16.2. The fourth-order valence-electron chi connectivity index (χ4n) is 2.70. The summed E-state index contributed by atoms with van der Waals surface area (Å²) in [6, 6.07) is 5.60. The second kappa shape index (κ2) is 7.10. The maximum Gasteiger partial charge on any atom is 0.251 e. The molecule has 2 N–H and O–H groups in total. The van der Waals surface area contributed by atoms with E-state index in [0.717, 1.165) is 49.7 Å². The van der Waals surface area contributed by atoms with Crippen LogP contribution in [0.5, 0.6) is 0 Å². The minimum Gasteiger partial charge on any atom is -0.379 e. The number of nitrogens with zero attached hydrogens (tertiary/aromatic N) is 2. The van der Waals surface area contributed by atoms with E-state index in [1.807, 2.05) is 18.2 Å². The molecule has 6 nitrogen and oxygen atoms in total. The van der Waals surface area contributed by atoms with Gasteiger partial charge in [0.25, 0.3) is 5.91 Å². The van der Waals surface area contributed by atoms with Crippen molar-refractivity contribution in [3.63, 3.8) is 0 Å². The highest BCUT2D eigenvalue weighted by molar-refractivity contribution is 5.97. The van der Waals surface area contributed by atoms with Crippen molar-refractivity contribution >= 4 is 16.9 Å². The molecule has 0 bridgehead atoms. The number of aromatic amines is 1. The molecule has 1 aliphatic heterocycles. The van der Waals surface area contributed by atoms with E-state index < -0.39 is 0 Å². The van der Waals surface area contributed by atoms with Gasteiger partial charge in [-0.1, -0.05) is 13.8 Å². The van der Waals surface area contributed by atoms with Gasteiger partial charge in [-0.2, -0.15) is 0 Å². The molecule has 1 aromatic carbocycles. The van der Waals surface area contributed by atoms with Crippen LogP contribution in [0.2, 0.25) is 0 Å². The number of imidazole rings is 1. The van der Waals surface area contributed by atoms with E-state index in [0.29, 0.717) is 18.0 Å². The van der Waals surface area contributed by atoms with Crippen LogP contribution in [-0.4, -0.2) is 60.2 Å². The SMILES string of the molecule is CC(C)c1nc2ccc(C(=O)NCCN3CCOCC3)cc2[nH]1. The van der Waals surface area contributed by atoms with Crippen molar-refractivity contribution in [1.82, 2.24) is 20.2 Å². The van der Waals surface area contributed by atoms with Gasteiger partial charge >= 0.3 is 0 Å². The fourth-order valence-corrected chi connectivity index (χ4v) is 2.70. The molecule has 3 rings (SSSR count). The molecule has 1 aromatic heterocycles. The maximum atomic E-state index is 12.3. The van der Waals surface area contributed by atoms with Crippen LogP contribution in [-0.2, 0) is 4.74 Å². The van der Waals surface area contributed by atoms with E-state index in [2.05, 4.69) is 34.0 Å². The lowest BCUT2D eigenvalue weighted by Gasteiger charge is -2.26. The first kappa shape index (κ1) is 16.0. The average molecular weight is 316 g/mol. The summed E-state index contributed by atoms with van der Waals surface area (Å²) in [5, 5.41) is 2.98. The molecule has 0 aliphatic carbocycles. The first-order valence-electron chi connectivity index (χ1n) is 8.21. The predicted molar refractivity (Wildman–Crippen MR) is 89.8 cm³/mol. The van der Waals surface area contributed by atoms with E-state index in [1.165, 1.54) is 0 Å². The molecule has 0 saturated carbocycles. The van der Waals surface area contributed by atoms with Crippen LogP contribution in [0.15, 0.2) is 18.2 Å². The largest absolute Gasteiger partial charge is 0.379 e. The quantitative estimate of drug-likeness (QED) is 0.881. The summed E-state index contributed by atoms with van der Waals surface area (Å²) in [7, 11) is 0. The average Bonchev–Trinajstić information content (AvgIpc) is 2.99. The van der Waals surface area contributed by atoms with Gasteiger partial charge in [-0.15, -0.1) is 0 Å². The number of morpholine rings is 1. The summed E-state index contributed by atoms with van der Waals surface area (Å²) in [5.74, 6) is 1.25. The molecule has 2 heterocycles. The third-order valence-electron chi connectivity index (χ3n) is 4.13. The molecular weight excluding hydrogens is 292 g/mol.